The molecule has 0 aromatic heterocycles. The standard InChI is InChI=1S/C22H26N2O5/c1-13(2)20(23)22(25)24-16-9-14(7-8-17(16)26-3)5-6-15-10-18(27-4)21-19(11-15)28-12-29-21/h5-11,13,20H,12,23H2,1-4H3,(H,24,25)/b6-5-. The fraction of sp³-hybridized carbons (Fsp3) is 0.318. The zero-order chi connectivity index (χ0) is 21.0. The Labute approximate surface area is 170 Å². The Balaban J connectivity index is 1.84. The number of ether oxygens (including phenoxy) is 4. The van der Waals surface area contributed by atoms with Crippen LogP contribution in [0.4, 0.5) is 5.69 Å². The van der Waals surface area contributed by atoms with Gasteiger partial charge in [-0.25, -0.2) is 0 Å². The number of anilines is 1. The second-order valence-electron chi connectivity index (χ2n) is 7.01. The van der Waals surface area contributed by atoms with Crippen molar-refractivity contribution in [3.63, 3.8) is 0 Å². The molecular weight excluding hydrogens is 372 g/mol. The predicted molar refractivity (Wildman–Crippen MR) is 112 cm³/mol. The van der Waals surface area contributed by atoms with Gasteiger partial charge in [-0.2, -0.15) is 0 Å². The first-order valence-electron chi connectivity index (χ1n) is 9.33. The van der Waals surface area contributed by atoms with Gasteiger partial charge in [-0.15, -0.1) is 0 Å². The van der Waals surface area contributed by atoms with Gasteiger partial charge in [-0.1, -0.05) is 32.1 Å². The first-order chi connectivity index (χ1) is 13.9. The number of nitrogens with two attached hydrogens (primary N) is 1. The summed E-state index contributed by atoms with van der Waals surface area (Å²) in [6, 6.07) is 8.70. The number of hydrogen-bond donors (Lipinski definition) is 2. The average Bonchev–Trinajstić information content (AvgIpc) is 3.19. The summed E-state index contributed by atoms with van der Waals surface area (Å²) in [5.74, 6) is 2.22. The van der Waals surface area contributed by atoms with Gasteiger partial charge < -0.3 is 30.0 Å². The Morgan fingerprint density at radius 2 is 1.79 bits per heavy atom. The molecule has 29 heavy (non-hydrogen) atoms. The van der Waals surface area contributed by atoms with E-state index in [0.717, 1.165) is 11.1 Å². The normalized spacial score (nSPS) is 13.6. The van der Waals surface area contributed by atoms with Crippen molar-refractivity contribution in [3.8, 4) is 23.0 Å². The highest BCUT2D eigenvalue weighted by Crippen LogP contribution is 2.42. The third kappa shape index (κ3) is 4.63. The molecule has 3 rings (SSSR count). The predicted octanol–water partition coefficient (Wildman–Crippen LogP) is 3.52. The summed E-state index contributed by atoms with van der Waals surface area (Å²) >= 11 is 0. The van der Waals surface area contributed by atoms with Crippen molar-refractivity contribution in [2.45, 2.75) is 19.9 Å². The maximum absolute atomic E-state index is 12.3. The minimum Gasteiger partial charge on any atom is -0.495 e. The van der Waals surface area contributed by atoms with Gasteiger partial charge in [0.05, 0.1) is 25.9 Å². The van der Waals surface area contributed by atoms with Crippen molar-refractivity contribution >= 4 is 23.7 Å². The maximum atomic E-state index is 12.3. The van der Waals surface area contributed by atoms with Crippen LogP contribution >= 0.6 is 0 Å². The topological polar surface area (TPSA) is 92.0 Å². The van der Waals surface area contributed by atoms with Crippen LogP contribution in [0.25, 0.3) is 12.2 Å². The number of hydrogen-bond acceptors (Lipinski definition) is 6. The molecule has 1 atom stereocenters. The lowest BCUT2D eigenvalue weighted by atomic mass is 10.0. The summed E-state index contributed by atoms with van der Waals surface area (Å²) < 4.78 is 21.6. The molecule has 7 heteroatoms. The average molecular weight is 398 g/mol. The highest BCUT2D eigenvalue weighted by molar-refractivity contribution is 5.96. The van der Waals surface area contributed by atoms with Crippen LogP contribution in [0.3, 0.4) is 0 Å². The number of nitrogens with one attached hydrogen (secondary N) is 1. The van der Waals surface area contributed by atoms with E-state index in [1.807, 2.05) is 50.3 Å². The third-order valence-electron chi connectivity index (χ3n) is 4.65. The summed E-state index contributed by atoms with van der Waals surface area (Å²) in [6.45, 7) is 3.99. The summed E-state index contributed by atoms with van der Waals surface area (Å²) in [4.78, 5) is 12.3. The number of carbonyl (C=O) groups excluding carboxylic acids is 1. The Kier molecular flexibility index (Phi) is 6.29. The van der Waals surface area contributed by atoms with Gasteiger partial charge in [0.15, 0.2) is 11.5 Å². The van der Waals surface area contributed by atoms with Crippen LogP contribution < -0.4 is 30.0 Å². The zero-order valence-corrected chi connectivity index (χ0v) is 17.0. The van der Waals surface area contributed by atoms with Crippen LogP contribution in [-0.4, -0.2) is 33.0 Å². The molecule has 1 heterocycles. The van der Waals surface area contributed by atoms with E-state index in [2.05, 4.69) is 5.32 Å². The monoisotopic (exact) mass is 398 g/mol. The van der Waals surface area contributed by atoms with E-state index in [1.165, 1.54) is 0 Å². The van der Waals surface area contributed by atoms with E-state index < -0.39 is 6.04 Å². The van der Waals surface area contributed by atoms with Crippen molar-refractivity contribution in [2.75, 3.05) is 26.3 Å². The molecular formula is C22H26N2O5. The summed E-state index contributed by atoms with van der Waals surface area (Å²) in [6.07, 6.45) is 3.85. The highest BCUT2D eigenvalue weighted by Gasteiger charge is 2.20. The van der Waals surface area contributed by atoms with Gasteiger partial charge in [0.25, 0.3) is 0 Å². The SMILES string of the molecule is COc1ccc(/C=C\c2cc(OC)c3c(c2)OCO3)cc1NC(=O)C(N)C(C)C. The van der Waals surface area contributed by atoms with E-state index in [1.54, 1.807) is 20.3 Å². The Morgan fingerprint density at radius 3 is 2.48 bits per heavy atom. The number of carbonyl (C=O) groups is 1. The van der Waals surface area contributed by atoms with Crippen LogP contribution in [0, 0.1) is 5.92 Å². The van der Waals surface area contributed by atoms with Crippen LogP contribution in [0.1, 0.15) is 25.0 Å². The highest BCUT2D eigenvalue weighted by atomic mass is 16.7. The number of fused-ring (bicyclic) bond motifs is 1. The van der Waals surface area contributed by atoms with Gasteiger partial charge in [0.2, 0.25) is 18.4 Å². The molecule has 0 aliphatic carbocycles. The number of rotatable bonds is 7. The van der Waals surface area contributed by atoms with E-state index in [9.17, 15) is 4.79 Å². The fourth-order valence-corrected chi connectivity index (χ4v) is 2.88. The minimum atomic E-state index is -0.597. The smallest absolute Gasteiger partial charge is 0.241 e. The Hall–Kier alpha value is -3.19. The number of amides is 1. The van der Waals surface area contributed by atoms with Gasteiger partial charge >= 0.3 is 0 Å². The summed E-state index contributed by atoms with van der Waals surface area (Å²) in [5, 5.41) is 2.85. The molecule has 154 valence electrons. The summed E-state index contributed by atoms with van der Waals surface area (Å²) in [5.41, 5.74) is 8.29. The number of methoxy groups -OCH3 is 2. The Bertz CT molecular complexity index is 924. The number of benzene rings is 2. The molecule has 0 saturated carbocycles. The lowest BCUT2D eigenvalue weighted by Gasteiger charge is -2.17. The van der Waals surface area contributed by atoms with E-state index in [0.29, 0.717) is 28.7 Å². The van der Waals surface area contributed by atoms with Gasteiger partial charge in [-0.3, -0.25) is 4.79 Å². The van der Waals surface area contributed by atoms with Gasteiger partial charge in [0.1, 0.15) is 5.75 Å². The second kappa shape index (κ2) is 8.87. The van der Waals surface area contributed by atoms with Gasteiger partial charge in [0, 0.05) is 0 Å². The molecule has 1 unspecified atom stereocenters. The molecule has 1 amide bonds. The van der Waals surface area contributed by atoms with Crippen LogP contribution in [-0.2, 0) is 4.79 Å². The zero-order valence-electron chi connectivity index (χ0n) is 17.0. The molecule has 0 saturated heterocycles. The van der Waals surface area contributed by atoms with E-state index >= 15 is 0 Å². The van der Waals surface area contributed by atoms with Crippen LogP contribution in [0.5, 0.6) is 23.0 Å². The molecule has 0 spiro atoms. The van der Waals surface area contributed by atoms with Crippen molar-refractivity contribution in [3.05, 3.63) is 41.5 Å². The first kappa shape index (κ1) is 20.5. The summed E-state index contributed by atoms with van der Waals surface area (Å²) in [7, 11) is 3.15. The lowest BCUT2D eigenvalue weighted by molar-refractivity contribution is -0.118. The van der Waals surface area contributed by atoms with E-state index in [-0.39, 0.29) is 18.6 Å². The van der Waals surface area contributed by atoms with Crippen molar-refractivity contribution in [2.24, 2.45) is 11.7 Å². The van der Waals surface area contributed by atoms with Crippen molar-refractivity contribution < 1.29 is 23.7 Å². The molecule has 3 N–H and O–H groups in total. The lowest BCUT2D eigenvalue weighted by Crippen LogP contribution is -2.39. The molecule has 0 bridgehead atoms. The largest absolute Gasteiger partial charge is 0.495 e. The second-order valence-corrected chi connectivity index (χ2v) is 7.01. The molecule has 7 nitrogen and oxygen atoms in total. The molecule has 1 aliphatic rings. The van der Waals surface area contributed by atoms with Crippen LogP contribution in [0.2, 0.25) is 0 Å². The van der Waals surface area contributed by atoms with Crippen molar-refractivity contribution in [1.82, 2.24) is 0 Å². The minimum absolute atomic E-state index is 0.0325. The molecule has 0 radical (unpaired) electrons. The van der Waals surface area contributed by atoms with E-state index in [4.69, 9.17) is 24.7 Å². The quantitative estimate of drug-likeness (QED) is 0.694. The fourth-order valence-electron chi connectivity index (χ4n) is 2.88. The Morgan fingerprint density at radius 1 is 1.07 bits per heavy atom. The molecule has 0 fully saturated rings. The first-order valence-corrected chi connectivity index (χ1v) is 9.33. The van der Waals surface area contributed by atoms with Gasteiger partial charge in [-0.05, 0) is 41.3 Å². The third-order valence-corrected chi connectivity index (χ3v) is 4.65. The molecule has 2 aromatic rings. The van der Waals surface area contributed by atoms with Crippen molar-refractivity contribution in [1.29, 1.82) is 0 Å². The maximum Gasteiger partial charge on any atom is 0.241 e. The molecule has 2 aromatic carbocycles. The molecule has 1 aliphatic heterocycles. The van der Waals surface area contributed by atoms with Crippen LogP contribution in [0.15, 0.2) is 30.3 Å².